The molecule has 0 aromatic heterocycles. The first-order valence-electron chi connectivity index (χ1n) is 1.91. The fraction of sp³-hybridized carbons (Fsp3) is 0.667. The standard InChI is InChI=1S/C3H6N2S/c6-3-1-2-4-5-3/h4H,1-2H2,(H,5,6). The van der Waals surface area contributed by atoms with Gasteiger partial charge in [-0.05, 0) is 0 Å². The second-order valence-electron chi connectivity index (χ2n) is 1.22. The lowest BCUT2D eigenvalue weighted by molar-refractivity contribution is 0.745. The van der Waals surface area contributed by atoms with Crippen LogP contribution >= 0.6 is 12.2 Å². The van der Waals surface area contributed by atoms with Gasteiger partial charge in [-0.15, -0.1) is 0 Å². The zero-order valence-electron chi connectivity index (χ0n) is 3.32. The first kappa shape index (κ1) is 4.02. The van der Waals surface area contributed by atoms with Gasteiger partial charge >= 0.3 is 0 Å². The first-order chi connectivity index (χ1) is 2.89. The van der Waals surface area contributed by atoms with Gasteiger partial charge in [0, 0.05) is 13.0 Å². The van der Waals surface area contributed by atoms with E-state index in [0.717, 1.165) is 18.0 Å². The van der Waals surface area contributed by atoms with E-state index in [0.29, 0.717) is 0 Å². The molecule has 1 fully saturated rings. The van der Waals surface area contributed by atoms with Crippen LogP contribution in [0.4, 0.5) is 0 Å². The largest absolute Gasteiger partial charge is 0.315 e. The highest BCUT2D eigenvalue weighted by molar-refractivity contribution is 7.80. The molecule has 1 saturated heterocycles. The van der Waals surface area contributed by atoms with Gasteiger partial charge in [-0.1, -0.05) is 12.2 Å². The molecule has 0 unspecified atom stereocenters. The fourth-order valence-electron chi connectivity index (χ4n) is 0.400. The molecule has 0 atom stereocenters. The summed E-state index contributed by atoms with van der Waals surface area (Å²) in [6.07, 6.45) is 0.995. The van der Waals surface area contributed by atoms with Crippen molar-refractivity contribution in [2.45, 2.75) is 6.42 Å². The van der Waals surface area contributed by atoms with Crippen molar-refractivity contribution >= 4 is 17.2 Å². The number of rotatable bonds is 0. The van der Waals surface area contributed by atoms with Gasteiger partial charge in [0.05, 0.1) is 4.99 Å². The SMILES string of the molecule is S=C1CCNN1. The van der Waals surface area contributed by atoms with Crippen molar-refractivity contribution in [3.05, 3.63) is 0 Å². The Kier molecular flexibility index (Phi) is 1.03. The van der Waals surface area contributed by atoms with Crippen molar-refractivity contribution in [3.8, 4) is 0 Å². The Balaban J connectivity index is 2.37. The lowest BCUT2D eigenvalue weighted by Crippen LogP contribution is -2.24. The maximum atomic E-state index is 4.75. The summed E-state index contributed by atoms with van der Waals surface area (Å²) in [5.41, 5.74) is 5.68. The normalized spacial score (nSPS) is 21.0. The van der Waals surface area contributed by atoms with Crippen LogP contribution in [0, 0.1) is 0 Å². The van der Waals surface area contributed by atoms with Gasteiger partial charge in [-0.3, -0.25) is 0 Å². The molecule has 1 heterocycles. The summed E-state index contributed by atoms with van der Waals surface area (Å²) < 4.78 is 0. The van der Waals surface area contributed by atoms with E-state index < -0.39 is 0 Å². The molecular formula is C3H6N2S. The topological polar surface area (TPSA) is 24.1 Å². The molecule has 3 heteroatoms. The molecule has 0 spiro atoms. The maximum Gasteiger partial charge on any atom is 0.0908 e. The van der Waals surface area contributed by atoms with Gasteiger partial charge in [-0.25, -0.2) is 5.43 Å². The summed E-state index contributed by atoms with van der Waals surface area (Å²) in [5, 5.41) is 0. The highest BCUT2D eigenvalue weighted by Crippen LogP contribution is 1.83. The molecule has 0 saturated carbocycles. The molecule has 0 aliphatic carbocycles. The van der Waals surface area contributed by atoms with Gasteiger partial charge in [0.2, 0.25) is 0 Å². The van der Waals surface area contributed by atoms with Gasteiger partial charge in [0.15, 0.2) is 0 Å². The number of thiocarbonyl (C=S) groups is 1. The van der Waals surface area contributed by atoms with Crippen LogP contribution in [-0.4, -0.2) is 11.5 Å². The van der Waals surface area contributed by atoms with E-state index in [1.54, 1.807) is 0 Å². The Morgan fingerprint density at radius 1 is 1.67 bits per heavy atom. The van der Waals surface area contributed by atoms with E-state index in [-0.39, 0.29) is 0 Å². The van der Waals surface area contributed by atoms with Crippen LogP contribution in [0.3, 0.4) is 0 Å². The molecule has 0 bridgehead atoms. The van der Waals surface area contributed by atoms with Crippen LogP contribution in [0.2, 0.25) is 0 Å². The molecule has 1 aliphatic rings. The third-order valence-electron chi connectivity index (χ3n) is 0.705. The Labute approximate surface area is 41.9 Å². The average molecular weight is 102 g/mol. The van der Waals surface area contributed by atoms with Crippen LogP contribution < -0.4 is 10.9 Å². The van der Waals surface area contributed by atoms with E-state index >= 15 is 0 Å². The molecule has 2 nitrogen and oxygen atoms in total. The van der Waals surface area contributed by atoms with Crippen molar-refractivity contribution in [2.24, 2.45) is 0 Å². The Morgan fingerprint density at radius 3 is 2.67 bits per heavy atom. The monoisotopic (exact) mass is 102 g/mol. The van der Waals surface area contributed by atoms with E-state index in [1.807, 2.05) is 0 Å². The molecule has 2 N–H and O–H groups in total. The molecule has 6 heavy (non-hydrogen) atoms. The minimum Gasteiger partial charge on any atom is -0.315 e. The Hall–Kier alpha value is -0.150. The van der Waals surface area contributed by atoms with Crippen molar-refractivity contribution in [2.75, 3.05) is 6.54 Å². The van der Waals surface area contributed by atoms with Gasteiger partial charge in [0.25, 0.3) is 0 Å². The zero-order chi connectivity index (χ0) is 4.41. The van der Waals surface area contributed by atoms with Crippen LogP contribution in [0.5, 0.6) is 0 Å². The van der Waals surface area contributed by atoms with Gasteiger partial charge < -0.3 is 5.43 Å². The van der Waals surface area contributed by atoms with E-state index in [2.05, 4.69) is 10.9 Å². The summed E-state index contributed by atoms with van der Waals surface area (Å²) in [7, 11) is 0. The van der Waals surface area contributed by atoms with Gasteiger partial charge in [-0.2, -0.15) is 0 Å². The van der Waals surface area contributed by atoms with E-state index in [4.69, 9.17) is 12.2 Å². The highest BCUT2D eigenvalue weighted by Gasteiger charge is 1.99. The number of nitrogens with one attached hydrogen (secondary N) is 2. The van der Waals surface area contributed by atoms with Crippen molar-refractivity contribution < 1.29 is 0 Å². The minimum atomic E-state index is 0.926. The minimum absolute atomic E-state index is 0.926. The summed E-state index contributed by atoms with van der Waals surface area (Å²) >= 11 is 4.75. The molecule has 0 aromatic carbocycles. The van der Waals surface area contributed by atoms with Crippen LogP contribution in [0.25, 0.3) is 0 Å². The molecule has 0 aromatic rings. The Morgan fingerprint density at radius 2 is 2.50 bits per heavy atom. The van der Waals surface area contributed by atoms with Crippen molar-refractivity contribution in [1.82, 2.24) is 10.9 Å². The molecule has 34 valence electrons. The average Bonchev–Trinajstić information content (AvgIpc) is 1.86. The number of hydrogen-bond donors (Lipinski definition) is 2. The second-order valence-corrected chi connectivity index (χ2v) is 1.72. The van der Waals surface area contributed by atoms with Gasteiger partial charge in [0.1, 0.15) is 0 Å². The fourth-order valence-corrected chi connectivity index (χ4v) is 0.574. The quantitative estimate of drug-likeness (QED) is 0.415. The summed E-state index contributed by atoms with van der Waals surface area (Å²) in [4.78, 5) is 0.926. The zero-order valence-corrected chi connectivity index (χ0v) is 4.14. The summed E-state index contributed by atoms with van der Waals surface area (Å²) in [6, 6.07) is 0. The molecule has 1 rings (SSSR count). The van der Waals surface area contributed by atoms with Crippen LogP contribution in [0.1, 0.15) is 6.42 Å². The lowest BCUT2D eigenvalue weighted by Gasteiger charge is -1.86. The Bertz CT molecular complexity index is 63.2. The third kappa shape index (κ3) is 0.666. The van der Waals surface area contributed by atoms with Crippen LogP contribution in [-0.2, 0) is 0 Å². The lowest BCUT2D eigenvalue weighted by atomic mass is 10.5. The van der Waals surface area contributed by atoms with Crippen LogP contribution in [0.15, 0.2) is 0 Å². The maximum absolute atomic E-state index is 4.75. The predicted molar refractivity (Wildman–Crippen MR) is 28.4 cm³/mol. The second kappa shape index (κ2) is 1.53. The highest BCUT2D eigenvalue weighted by atomic mass is 32.1. The summed E-state index contributed by atoms with van der Waals surface area (Å²) in [6.45, 7) is 0.985. The smallest absolute Gasteiger partial charge is 0.0908 e. The van der Waals surface area contributed by atoms with Crippen molar-refractivity contribution in [3.63, 3.8) is 0 Å². The van der Waals surface area contributed by atoms with E-state index in [1.165, 1.54) is 0 Å². The van der Waals surface area contributed by atoms with E-state index in [9.17, 15) is 0 Å². The first-order valence-corrected chi connectivity index (χ1v) is 2.32. The number of hydrogen-bond acceptors (Lipinski definition) is 2. The summed E-state index contributed by atoms with van der Waals surface area (Å²) in [5.74, 6) is 0. The van der Waals surface area contributed by atoms with Crippen molar-refractivity contribution in [1.29, 1.82) is 0 Å². The number of hydrazine groups is 1. The third-order valence-corrected chi connectivity index (χ3v) is 1.01. The molecule has 1 aliphatic heterocycles. The molecule has 0 amide bonds. The molecular weight excluding hydrogens is 96.1 g/mol. The molecule has 0 radical (unpaired) electrons. The predicted octanol–water partition coefficient (Wildman–Crippen LogP) is -0.188.